The van der Waals surface area contributed by atoms with Crippen molar-refractivity contribution < 1.29 is 9.72 Å². The number of fused-ring (bicyclic) bond motifs is 1. The number of anilines is 1. The van der Waals surface area contributed by atoms with Crippen molar-refractivity contribution in [2.24, 2.45) is 5.92 Å². The van der Waals surface area contributed by atoms with E-state index in [-0.39, 0.29) is 11.6 Å². The molecule has 0 saturated carbocycles. The quantitative estimate of drug-likeness (QED) is 0.673. The van der Waals surface area contributed by atoms with Crippen LogP contribution in [-0.2, 0) is 4.79 Å². The summed E-state index contributed by atoms with van der Waals surface area (Å²) >= 11 is 1.41. The smallest absolute Gasteiger partial charge is 0.269 e. The first-order valence-electron chi connectivity index (χ1n) is 6.80. The molecule has 0 spiro atoms. The van der Waals surface area contributed by atoms with Gasteiger partial charge in [0.1, 0.15) is 5.92 Å². The number of nitriles is 1. The predicted octanol–water partition coefficient (Wildman–Crippen LogP) is 3.52. The fraction of sp³-hybridized carbons (Fsp3) is 0.125. The highest BCUT2D eigenvalue weighted by Crippen LogP contribution is 2.46. The normalized spacial score (nSPS) is 19.9. The molecule has 0 bridgehead atoms. The summed E-state index contributed by atoms with van der Waals surface area (Å²) in [6.45, 7) is 0. The third-order valence-electron chi connectivity index (χ3n) is 3.56. The van der Waals surface area contributed by atoms with Crippen molar-refractivity contribution in [2.45, 2.75) is 10.1 Å². The highest BCUT2D eigenvalue weighted by atomic mass is 32.2. The van der Waals surface area contributed by atoms with Crippen LogP contribution in [0.25, 0.3) is 0 Å². The first-order valence-corrected chi connectivity index (χ1v) is 7.68. The SMILES string of the molecule is N#C[C@H]1C(=O)Nc2ccccc2S[C@H]1c1ccc([N+](=O)[O-])cc1. The number of benzene rings is 2. The maximum Gasteiger partial charge on any atom is 0.269 e. The Morgan fingerprint density at radius 2 is 1.87 bits per heavy atom. The predicted molar refractivity (Wildman–Crippen MR) is 85.9 cm³/mol. The number of carbonyl (C=O) groups excluding carboxylic acids is 1. The van der Waals surface area contributed by atoms with Crippen molar-refractivity contribution in [1.82, 2.24) is 0 Å². The van der Waals surface area contributed by atoms with Crippen LogP contribution in [0.2, 0.25) is 0 Å². The number of non-ortho nitro benzene ring substituents is 1. The van der Waals surface area contributed by atoms with Gasteiger partial charge in [0.25, 0.3) is 5.69 Å². The standard InChI is InChI=1S/C16H11N3O3S/c17-9-12-15(10-5-7-11(8-6-10)19(21)22)23-14-4-2-1-3-13(14)18-16(12)20/h1-8,12,15H,(H,18,20)/t12-,15+/m1/s1. The molecule has 1 N–H and O–H groups in total. The molecule has 114 valence electrons. The summed E-state index contributed by atoms with van der Waals surface area (Å²) in [4.78, 5) is 23.5. The van der Waals surface area contributed by atoms with E-state index in [0.717, 1.165) is 4.90 Å². The summed E-state index contributed by atoms with van der Waals surface area (Å²) in [5.74, 6) is -1.25. The van der Waals surface area contributed by atoms with Crippen LogP contribution in [0.4, 0.5) is 11.4 Å². The second-order valence-electron chi connectivity index (χ2n) is 4.98. The molecule has 2 atom stereocenters. The maximum absolute atomic E-state index is 12.3. The summed E-state index contributed by atoms with van der Waals surface area (Å²) in [5, 5.41) is 22.5. The Morgan fingerprint density at radius 1 is 1.17 bits per heavy atom. The Balaban J connectivity index is 2.03. The van der Waals surface area contributed by atoms with E-state index in [4.69, 9.17) is 0 Å². The van der Waals surface area contributed by atoms with Crippen molar-refractivity contribution >= 4 is 29.0 Å². The maximum atomic E-state index is 12.3. The molecule has 1 heterocycles. The lowest BCUT2D eigenvalue weighted by Crippen LogP contribution is -2.24. The van der Waals surface area contributed by atoms with Gasteiger partial charge in [-0.15, -0.1) is 11.8 Å². The Bertz CT molecular complexity index is 814. The number of hydrogen-bond donors (Lipinski definition) is 1. The van der Waals surface area contributed by atoms with Crippen molar-refractivity contribution in [1.29, 1.82) is 5.26 Å². The number of hydrogen-bond acceptors (Lipinski definition) is 5. The number of para-hydroxylation sites is 1. The van der Waals surface area contributed by atoms with Crippen molar-refractivity contribution in [3.63, 3.8) is 0 Å². The number of nitro groups is 1. The van der Waals surface area contributed by atoms with E-state index in [1.165, 1.54) is 23.9 Å². The molecule has 0 saturated heterocycles. The average molecular weight is 325 g/mol. The fourth-order valence-corrected chi connectivity index (χ4v) is 3.69. The van der Waals surface area contributed by atoms with Crippen LogP contribution in [0.15, 0.2) is 53.4 Å². The van der Waals surface area contributed by atoms with Gasteiger partial charge in [0.2, 0.25) is 5.91 Å². The monoisotopic (exact) mass is 325 g/mol. The Morgan fingerprint density at radius 3 is 2.52 bits per heavy atom. The molecule has 0 unspecified atom stereocenters. The zero-order valence-corrected chi connectivity index (χ0v) is 12.6. The summed E-state index contributed by atoms with van der Waals surface area (Å²) in [6, 6.07) is 15.4. The van der Waals surface area contributed by atoms with Gasteiger partial charge >= 0.3 is 0 Å². The molecule has 0 aliphatic carbocycles. The lowest BCUT2D eigenvalue weighted by Gasteiger charge is -2.17. The van der Waals surface area contributed by atoms with Crippen molar-refractivity contribution in [3.05, 3.63) is 64.2 Å². The van der Waals surface area contributed by atoms with Crippen molar-refractivity contribution in [3.8, 4) is 6.07 Å². The lowest BCUT2D eigenvalue weighted by atomic mass is 9.98. The van der Waals surface area contributed by atoms with Crippen LogP contribution in [-0.4, -0.2) is 10.8 Å². The zero-order chi connectivity index (χ0) is 16.4. The zero-order valence-electron chi connectivity index (χ0n) is 11.8. The lowest BCUT2D eigenvalue weighted by molar-refractivity contribution is -0.384. The van der Waals surface area contributed by atoms with Gasteiger partial charge in [-0.1, -0.05) is 24.3 Å². The van der Waals surface area contributed by atoms with Gasteiger partial charge in [0, 0.05) is 17.0 Å². The Kier molecular flexibility index (Phi) is 4.00. The summed E-state index contributed by atoms with van der Waals surface area (Å²) in [7, 11) is 0. The van der Waals surface area contributed by atoms with Gasteiger partial charge in [0.15, 0.2) is 0 Å². The summed E-state index contributed by atoms with van der Waals surface area (Å²) in [6.07, 6.45) is 0. The third-order valence-corrected chi connectivity index (χ3v) is 4.96. The Labute approximate surface area is 136 Å². The molecular weight excluding hydrogens is 314 g/mol. The van der Waals surface area contributed by atoms with Gasteiger partial charge in [-0.05, 0) is 17.7 Å². The molecule has 0 aromatic heterocycles. The third kappa shape index (κ3) is 2.89. The van der Waals surface area contributed by atoms with E-state index in [9.17, 15) is 20.2 Å². The van der Waals surface area contributed by atoms with Gasteiger partial charge in [-0.3, -0.25) is 14.9 Å². The van der Waals surface area contributed by atoms with E-state index in [1.807, 2.05) is 24.3 Å². The van der Waals surface area contributed by atoms with E-state index >= 15 is 0 Å². The minimum atomic E-state index is -0.881. The fourth-order valence-electron chi connectivity index (χ4n) is 2.40. The first-order chi connectivity index (χ1) is 11.1. The van der Waals surface area contributed by atoms with Crippen LogP contribution < -0.4 is 5.32 Å². The van der Waals surface area contributed by atoms with E-state index < -0.39 is 16.1 Å². The average Bonchev–Trinajstić information content (AvgIpc) is 2.70. The molecule has 1 amide bonds. The molecule has 3 rings (SSSR count). The minimum absolute atomic E-state index is 0.0225. The highest BCUT2D eigenvalue weighted by molar-refractivity contribution is 7.99. The summed E-state index contributed by atoms with van der Waals surface area (Å²) in [5.41, 5.74) is 1.36. The number of amides is 1. The second-order valence-corrected chi connectivity index (χ2v) is 6.16. The van der Waals surface area contributed by atoms with Gasteiger partial charge < -0.3 is 5.32 Å². The number of nitrogens with one attached hydrogen (secondary N) is 1. The second kappa shape index (κ2) is 6.10. The number of rotatable bonds is 2. The minimum Gasteiger partial charge on any atom is -0.324 e. The number of carbonyl (C=O) groups is 1. The van der Waals surface area contributed by atoms with E-state index in [1.54, 1.807) is 18.2 Å². The van der Waals surface area contributed by atoms with Crippen LogP contribution >= 0.6 is 11.8 Å². The molecule has 7 heteroatoms. The summed E-state index contributed by atoms with van der Waals surface area (Å²) < 4.78 is 0. The molecule has 0 fully saturated rings. The molecule has 2 aromatic rings. The van der Waals surface area contributed by atoms with Crippen molar-refractivity contribution in [2.75, 3.05) is 5.32 Å². The number of thioether (sulfide) groups is 1. The number of nitro benzene ring substituents is 1. The molecule has 23 heavy (non-hydrogen) atoms. The van der Waals surface area contributed by atoms with Crippen LogP contribution in [0.3, 0.4) is 0 Å². The van der Waals surface area contributed by atoms with E-state index in [2.05, 4.69) is 5.32 Å². The topological polar surface area (TPSA) is 96.0 Å². The van der Waals surface area contributed by atoms with Crippen LogP contribution in [0.1, 0.15) is 10.8 Å². The van der Waals surface area contributed by atoms with Crippen LogP contribution in [0.5, 0.6) is 0 Å². The molecule has 0 radical (unpaired) electrons. The highest BCUT2D eigenvalue weighted by Gasteiger charge is 2.34. The molecule has 1 aliphatic heterocycles. The molecule has 1 aliphatic rings. The first kappa shape index (κ1) is 15.1. The van der Waals surface area contributed by atoms with Gasteiger partial charge in [0.05, 0.1) is 21.9 Å². The molecule has 2 aromatic carbocycles. The largest absolute Gasteiger partial charge is 0.324 e. The van der Waals surface area contributed by atoms with Gasteiger partial charge in [-0.25, -0.2) is 0 Å². The van der Waals surface area contributed by atoms with Crippen LogP contribution in [0, 0.1) is 27.4 Å². The molecule has 6 nitrogen and oxygen atoms in total. The van der Waals surface area contributed by atoms with Gasteiger partial charge in [-0.2, -0.15) is 5.26 Å². The number of nitrogens with zero attached hydrogens (tertiary/aromatic N) is 2. The molecular formula is C16H11N3O3S. The Hall–Kier alpha value is -2.85. The van der Waals surface area contributed by atoms with E-state index in [0.29, 0.717) is 11.3 Å².